The average molecular weight is 395 g/mol. The molecule has 0 saturated carbocycles. The minimum absolute atomic E-state index is 0.0752. The molecule has 2 aromatic heterocycles. The molecule has 0 bridgehead atoms. The number of rotatable bonds is 5. The first-order valence-electron chi connectivity index (χ1n) is 9.08. The first kappa shape index (κ1) is 18.7. The molecule has 0 spiro atoms. The Bertz CT molecular complexity index is 996. The van der Waals surface area contributed by atoms with Gasteiger partial charge in [-0.3, -0.25) is 4.79 Å². The van der Waals surface area contributed by atoms with Crippen LogP contribution in [-0.2, 0) is 6.42 Å². The number of aromatic nitrogens is 4. The van der Waals surface area contributed by atoms with Crippen LogP contribution in [0.2, 0.25) is 0 Å². The number of ether oxygens (including phenoxy) is 3. The summed E-state index contributed by atoms with van der Waals surface area (Å²) in [6.07, 6.45) is 2.33. The maximum Gasteiger partial charge on any atom is 0.320 e. The zero-order valence-corrected chi connectivity index (χ0v) is 16.4. The summed E-state index contributed by atoms with van der Waals surface area (Å²) in [6, 6.07) is 8.85. The predicted molar refractivity (Wildman–Crippen MR) is 103 cm³/mol. The molecule has 0 radical (unpaired) electrons. The summed E-state index contributed by atoms with van der Waals surface area (Å²) >= 11 is 0. The van der Waals surface area contributed by atoms with Crippen LogP contribution >= 0.6 is 0 Å². The van der Waals surface area contributed by atoms with Gasteiger partial charge in [0.05, 0.1) is 33.4 Å². The Kier molecular flexibility index (Phi) is 5.03. The third kappa shape index (κ3) is 3.46. The summed E-state index contributed by atoms with van der Waals surface area (Å²) in [5.74, 6) is 0.757. The second-order valence-corrected chi connectivity index (χ2v) is 6.47. The third-order valence-corrected chi connectivity index (χ3v) is 4.91. The van der Waals surface area contributed by atoms with Gasteiger partial charge in [0.2, 0.25) is 5.88 Å². The fourth-order valence-corrected chi connectivity index (χ4v) is 3.48. The molecule has 0 saturated heterocycles. The Balaban J connectivity index is 1.76. The molecule has 1 aromatic carbocycles. The summed E-state index contributed by atoms with van der Waals surface area (Å²) < 4.78 is 15.6. The largest absolute Gasteiger partial charge is 0.497 e. The van der Waals surface area contributed by atoms with Crippen LogP contribution in [0.5, 0.6) is 17.6 Å². The van der Waals surface area contributed by atoms with Gasteiger partial charge in [-0.1, -0.05) is 12.1 Å². The van der Waals surface area contributed by atoms with E-state index in [0.717, 1.165) is 22.7 Å². The van der Waals surface area contributed by atoms with Crippen molar-refractivity contribution in [2.75, 3.05) is 27.9 Å². The smallest absolute Gasteiger partial charge is 0.320 e. The van der Waals surface area contributed by atoms with Gasteiger partial charge in [0.1, 0.15) is 17.5 Å². The first-order valence-corrected chi connectivity index (χ1v) is 9.08. The number of amides is 1. The number of fused-ring (bicyclic) bond motifs is 1. The number of methoxy groups -OCH3 is 3. The standard InChI is InChI=1S/C20H21N5O4/c1-27-13-6-4-12(5-7-13)18-17-14(21-11-22-17)8-9-25(18)19(26)15-10-16(28-2)24-20(23-15)29-3/h4-7,10-11,18H,8-9H2,1-3H3,(H,21,22). The first-order chi connectivity index (χ1) is 14.1. The number of hydrogen-bond donors (Lipinski definition) is 1. The van der Waals surface area contributed by atoms with Crippen LogP contribution in [-0.4, -0.2) is 58.6 Å². The molecule has 1 amide bonds. The van der Waals surface area contributed by atoms with Crippen LogP contribution in [0.15, 0.2) is 36.7 Å². The second kappa shape index (κ2) is 7.78. The zero-order valence-electron chi connectivity index (χ0n) is 16.4. The molecule has 1 unspecified atom stereocenters. The Labute approximate surface area is 167 Å². The molecule has 0 aliphatic carbocycles. The molecular formula is C20H21N5O4. The Morgan fingerprint density at radius 3 is 2.59 bits per heavy atom. The zero-order chi connectivity index (χ0) is 20.4. The highest BCUT2D eigenvalue weighted by Crippen LogP contribution is 2.35. The van der Waals surface area contributed by atoms with Crippen molar-refractivity contribution >= 4 is 5.91 Å². The lowest BCUT2D eigenvalue weighted by Gasteiger charge is -2.35. The van der Waals surface area contributed by atoms with E-state index in [1.807, 2.05) is 24.3 Å². The number of carbonyl (C=O) groups excluding carboxylic acids is 1. The number of imidazole rings is 1. The molecule has 1 aliphatic rings. The lowest BCUT2D eigenvalue weighted by atomic mass is 9.95. The van der Waals surface area contributed by atoms with Crippen molar-refractivity contribution in [2.45, 2.75) is 12.5 Å². The summed E-state index contributed by atoms with van der Waals surface area (Å²) in [5, 5.41) is 0. The molecule has 1 atom stereocenters. The van der Waals surface area contributed by atoms with E-state index in [-0.39, 0.29) is 29.5 Å². The van der Waals surface area contributed by atoms with E-state index in [1.54, 1.807) is 18.3 Å². The van der Waals surface area contributed by atoms with Gasteiger partial charge in [0.25, 0.3) is 5.91 Å². The van der Waals surface area contributed by atoms with Crippen molar-refractivity contribution < 1.29 is 19.0 Å². The van der Waals surface area contributed by atoms with Crippen LogP contribution in [0.1, 0.15) is 33.5 Å². The number of aromatic amines is 1. The average Bonchev–Trinajstić information content (AvgIpc) is 3.26. The van der Waals surface area contributed by atoms with Gasteiger partial charge in [0, 0.05) is 24.7 Å². The van der Waals surface area contributed by atoms with Crippen LogP contribution in [0.4, 0.5) is 0 Å². The molecule has 4 rings (SSSR count). The van der Waals surface area contributed by atoms with E-state index >= 15 is 0 Å². The van der Waals surface area contributed by atoms with Gasteiger partial charge in [-0.25, -0.2) is 4.98 Å². The molecule has 9 heteroatoms. The van der Waals surface area contributed by atoms with Gasteiger partial charge in [-0.05, 0) is 17.7 Å². The maximum atomic E-state index is 13.4. The van der Waals surface area contributed by atoms with E-state index < -0.39 is 0 Å². The normalized spacial score (nSPS) is 15.6. The van der Waals surface area contributed by atoms with Gasteiger partial charge in [-0.2, -0.15) is 9.97 Å². The van der Waals surface area contributed by atoms with E-state index in [1.165, 1.54) is 20.3 Å². The molecule has 1 aliphatic heterocycles. The number of hydrogen-bond acceptors (Lipinski definition) is 7. The van der Waals surface area contributed by atoms with Gasteiger partial charge in [-0.15, -0.1) is 0 Å². The minimum Gasteiger partial charge on any atom is -0.497 e. The Morgan fingerprint density at radius 2 is 1.90 bits per heavy atom. The molecule has 29 heavy (non-hydrogen) atoms. The fraction of sp³-hybridized carbons (Fsp3) is 0.300. The molecule has 0 fully saturated rings. The Hall–Kier alpha value is -3.62. The van der Waals surface area contributed by atoms with Gasteiger partial charge >= 0.3 is 6.01 Å². The lowest BCUT2D eigenvalue weighted by Crippen LogP contribution is -2.41. The molecule has 3 aromatic rings. The monoisotopic (exact) mass is 395 g/mol. The van der Waals surface area contributed by atoms with Crippen LogP contribution < -0.4 is 14.2 Å². The number of carbonyl (C=O) groups is 1. The molecule has 3 heterocycles. The highest BCUT2D eigenvalue weighted by molar-refractivity contribution is 5.93. The summed E-state index contributed by atoms with van der Waals surface area (Å²) in [4.78, 5) is 31.1. The van der Waals surface area contributed by atoms with Gasteiger partial charge in [0.15, 0.2) is 0 Å². The number of H-pyrrole nitrogens is 1. The fourth-order valence-electron chi connectivity index (χ4n) is 3.48. The van der Waals surface area contributed by atoms with Crippen molar-refractivity contribution in [1.82, 2.24) is 24.8 Å². The number of nitrogens with one attached hydrogen (secondary N) is 1. The summed E-state index contributed by atoms with van der Waals surface area (Å²) in [7, 11) is 4.54. The van der Waals surface area contributed by atoms with Crippen molar-refractivity contribution in [3.63, 3.8) is 0 Å². The van der Waals surface area contributed by atoms with E-state index in [0.29, 0.717) is 13.0 Å². The SMILES string of the molecule is COc1ccc(C2c3nc[nH]c3CCN2C(=O)c2cc(OC)nc(OC)n2)cc1. The summed E-state index contributed by atoms with van der Waals surface area (Å²) in [6.45, 7) is 0.513. The van der Waals surface area contributed by atoms with E-state index in [9.17, 15) is 4.79 Å². The van der Waals surface area contributed by atoms with Crippen molar-refractivity contribution in [3.05, 3.63) is 59.3 Å². The molecule has 150 valence electrons. The Morgan fingerprint density at radius 1 is 1.10 bits per heavy atom. The van der Waals surface area contributed by atoms with E-state index in [4.69, 9.17) is 14.2 Å². The van der Waals surface area contributed by atoms with E-state index in [2.05, 4.69) is 19.9 Å². The molecule has 9 nitrogen and oxygen atoms in total. The predicted octanol–water partition coefficient (Wildman–Crippen LogP) is 2.01. The van der Waals surface area contributed by atoms with Crippen molar-refractivity contribution in [2.24, 2.45) is 0 Å². The topological polar surface area (TPSA) is 102 Å². The highest BCUT2D eigenvalue weighted by Gasteiger charge is 2.35. The van der Waals surface area contributed by atoms with Crippen molar-refractivity contribution in [3.8, 4) is 17.6 Å². The van der Waals surface area contributed by atoms with Crippen LogP contribution in [0, 0.1) is 0 Å². The second-order valence-electron chi connectivity index (χ2n) is 6.47. The minimum atomic E-state index is -0.352. The third-order valence-electron chi connectivity index (χ3n) is 4.91. The van der Waals surface area contributed by atoms with Crippen molar-refractivity contribution in [1.29, 1.82) is 0 Å². The van der Waals surface area contributed by atoms with Crippen LogP contribution in [0.25, 0.3) is 0 Å². The summed E-state index contributed by atoms with van der Waals surface area (Å²) in [5.41, 5.74) is 2.97. The number of benzene rings is 1. The van der Waals surface area contributed by atoms with Gasteiger partial charge < -0.3 is 24.1 Å². The molecule has 1 N–H and O–H groups in total. The van der Waals surface area contributed by atoms with Crippen LogP contribution in [0.3, 0.4) is 0 Å². The lowest BCUT2D eigenvalue weighted by molar-refractivity contribution is 0.0682. The quantitative estimate of drug-likeness (QED) is 0.705. The molecular weight excluding hydrogens is 374 g/mol. The highest BCUT2D eigenvalue weighted by atomic mass is 16.5. The number of nitrogens with zero attached hydrogens (tertiary/aromatic N) is 4. The maximum absolute atomic E-state index is 13.4.